The van der Waals surface area contributed by atoms with Crippen molar-refractivity contribution < 1.29 is 9.90 Å². The highest BCUT2D eigenvalue weighted by Gasteiger charge is 1.98. The minimum Gasteiger partial charge on any atom is -0.481 e. The summed E-state index contributed by atoms with van der Waals surface area (Å²) in [5.41, 5.74) is 7.19. The molecule has 0 aromatic heterocycles. The van der Waals surface area contributed by atoms with E-state index >= 15 is 0 Å². The molecule has 0 saturated carbocycles. The van der Waals surface area contributed by atoms with E-state index in [1.807, 2.05) is 12.1 Å². The average molecular weight is 281 g/mol. The number of hydrogen-bond acceptors (Lipinski definition) is 3. The molecule has 0 heterocycles. The number of nitrogen functional groups attached to an aromatic ring is 1. The van der Waals surface area contributed by atoms with Crippen LogP contribution in [0.5, 0.6) is 0 Å². The van der Waals surface area contributed by atoms with Gasteiger partial charge < -0.3 is 21.5 Å². The molecule has 0 spiro atoms. The van der Waals surface area contributed by atoms with E-state index in [2.05, 4.69) is 10.6 Å². The third kappa shape index (κ3) is 7.25. The Hall–Kier alpha value is -1.82. The van der Waals surface area contributed by atoms with E-state index in [9.17, 15) is 4.79 Å². The molecule has 104 valence electrons. The van der Waals surface area contributed by atoms with Crippen LogP contribution < -0.4 is 16.4 Å². The van der Waals surface area contributed by atoms with E-state index in [1.54, 1.807) is 12.1 Å². The number of benzene rings is 1. The molecular weight excluding hydrogens is 262 g/mol. The number of carboxylic acids is 1. The number of rotatable bonds is 7. The van der Waals surface area contributed by atoms with Gasteiger partial charge in [0.05, 0.1) is 0 Å². The highest BCUT2D eigenvalue weighted by molar-refractivity contribution is 7.80. The molecule has 19 heavy (non-hydrogen) atoms. The lowest BCUT2D eigenvalue weighted by Crippen LogP contribution is -2.29. The number of nitrogens with one attached hydrogen (secondary N) is 2. The van der Waals surface area contributed by atoms with E-state index in [-0.39, 0.29) is 6.42 Å². The number of hydrogen-bond donors (Lipinski definition) is 4. The van der Waals surface area contributed by atoms with Crippen molar-refractivity contribution in [2.75, 3.05) is 17.6 Å². The number of carbonyl (C=O) groups is 1. The van der Waals surface area contributed by atoms with E-state index < -0.39 is 5.97 Å². The van der Waals surface area contributed by atoms with Crippen LogP contribution in [0.25, 0.3) is 0 Å². The Balaban J connectivity index is 2.11. The van der Waals surface area contributed by atoms with Crippen molar-refractivity contribution >= 4 is 34.7 Å². The summed E-state index contributed by atoms with van der Waals surface area (Å²) < 4.78 is 0. The third-order valence-corrected chi connectivity index (χ3v) is 2.77. The smallest absolute Gasteiger partial charge is 0.303 e. The van der Waals surface area contributed by atoms with Gasteiger partial charge in [-0.15, -0.1) is 0 Å². The molecule has 1 aromatic rings. The number of carboxylic acid groups (broad SMARTS) is 1. The Morgan fingerprint density at radius 1 is 1.21 bits per heavy atom. The summed E-state index contributed by atoms with van der Waals surface area (Å²) in [6.45, 7) is 0.737. The monoisotopic (exact) mass is 281 g/mol. The van der Waals surface area contributed by atoms with Crippen molar-refractivity contribution in [1.82, 2.24) is 5.32 Å². The van der Waals surface area contributed by atoms with Crippen molar-refractivity contribution in [2.24, 2.45) is 0 Å². The molecular formula is C13H19N3O2S. The van der Waals surface area contributed by atoms with E-state index in [4.69, 9.17) is 23.1 Å². The van der Waals surface area contributed by atoms with Gasteiger partial charge in [0.1, 0.15) is 0 Å². The number of thiocarbonyl (C=S) groups is 1. The second-order valence-corrected chi connectivity index (χ2v) is 4.62. The maximum absolute atomic E-state index is 10.3. The molecule has 0 radical (unpaired) electrons. The molecule has 0 unspecified atom stereocenters. The normalized spacial score (nSPS) is 9.89. The predicted molar refractivity (Wildman–Crippen MR) is 81.2 cm³/mol. The molecule has 0 aliphatic rings. The minimum absolute atomic E-state index is 0.230. The number of anilines is 2. The largest absolute Gasteiger partial charge is 0.481 e. The summed E-state index contributed by atoms with van der Waals surface area (Å²) in [6.07, 6.45) is 2.71. The van der Waals surface area contributed by atoms with Gasteiger partial charge in [0.15, 0.2) is 5.11 Å². The topological polar surface area (TPSA) is 87.4 Å². The Bertz CT molecular complexity index is 420. The summed E-state index contributed by atoms with van der Waals surface area (Å²) in [5, 5.41) is 15.2. The second kappa shape index (κ2) is 8.31. The fourth-order valence-electron chi connectivity index (χ4n) is 1.52. The van der Waals surface area contributed by atoms with Gasteiger partial charge in [-0.1, -0.05) is 6.42 Å². The molecule has 1 rings (SSSR count). The number of aliphatic carboxylic acids is 1. The molecule has 0 aliphatic carbocycles. The van der Waals surface area contributed by atoms with Crippen LogP contribution >= 0.6 is 12.2 Å². The van der Waals surface area contributed by atoms with Gasteiger partial charge in [0, 0.05) is 24.3 Å². The highest BCUT2D eigenvalue weighted by Crippen LogP contribution is 2.10. The standard InChI is InChI=1S/C13H19N3O2S/c14-10-5-7-11(8-6-10)16-13(19)15-9-3-1-2-4-12(17)18/h5-8H,1-4,9,14H2,(H,17,18)(H2,15,16,19). The molecule has 6 heteroatoms. The number of nitrogens with two attached hydrogens (primary N) is 1. The summed E-state index contributed by atoms with van der Waals surface area (Å²) in [7, 11) is 0. The van der Waals surface area contributed by atoms with E-state index in [1.165, 1.54) is 0 Å². The SMILES string of the molecule is Nc1ccc(NC(=S)NCCCCCC(=O)O)cc1. The lowest BCUT2D eigenvalue weighted by Gasteiger charge is -2.10. The quantitative estimate of drug-likeness (QED) is 0.348. The Labute approximate surface area is 118 Å². The second-order valence-electron chi connectivity index (χ2n) is 4.21. The minimum atomic E-state index is -0.742. The van der Waals surface area contributed by atoms with Gasteiger partial charge in [-0.05, 0) is 49.3 Å². The first-order valence-electron chi connectivity index (χ1n) is 6.20. The fourth-order valence-corrected chi connectivity index (χ4v) is 1.74. The number of unbranched alkanes of at least 4 members (excludes halogenated alkanes) is 2. The third-order valence-electron chi connectivity index (χ3n) is 2.52. The molecule has 0 bridgehead atoms. The molecule has 5 nitrogen and oxygen atoms in total. The van der Waals surface area contributed by atoms with Crippen LogP contribution in [0.4, 0.5) is 11.4 Å². The summed E-state index contributed by atoms with van der Waals surface area (Å²) in [6, 6.07) is 7.32. The summed E-state index contributed by atoms with van der Waals surface area (Å²) >= 11 is 5.14. The van der Waals surface area contributed by atoms with E-state index in [0.29, 0.717) is 17.2 Å². The van der Waals surface area contributed by atoms with Crippen LogP contribution in [0.15, 0.2) is 24.3 Å². The maximum atomic E-state index is 10.3. The van der Waals surface area contributed by atoms with Gasteiger partial charge in [-0.3, -0.25) is 4.79 Å². The van der Waals surface area contributed by atoms with Crippen molar-refractivity contribution in [1.29, 1.82) is 0 Å². The van der Waals surface area contributed by atoms with Gasteiger partial charge in [-0.25, -0.2) is 0 Å². The first-order chi connectivity index (χ1) is 9.08. The van der Waals surface area contributed by atoms with Crippen LogP contribution in [0, 0.1) is 0 Å². The Morgan fingerprint density at radius 3 is 2.53 bits per heavy atom. The average Bonchev–Trinajstić information content (AvgIpc) is 2.36. The maximum Gasteiger partial charge on any atom is 0.303 e. The zero-order chi connectivity index (χ0) is 14.1. The molecule has 0 fully saturated rings. The van der Waals surface area contributed by atoms with Gasteiger partial charge in [-0.2, -0.15) is 0 Å². The van der Waals surface area contributed by atoms with Crippen LogP contribution in [0.2, 0.25) is 0 Å². The lowest BCUT2D eigenvalue weighted by atomic mass is 10.2. The Morgan fingerprint density at radius 2 is 1.89 bits per heavy atom. The van der Waals surface area contributed by atoms with Crippen LogP contribution in [0.3, 0.4) is 0 Å². The summed E-state index contributed by atoms with van der Waals surface area (Å²) in [4.78, 5) is 10.3. The molecule has 5 N–H and O–H groups in total. The molecule has 0 aliphatic heterocycles. The van der Waals surface area contributed by atoms with Crippen LogP contribution in [0.1, 0.15) is 25.7 Å². The zero-order valence-electron chi connectivity index (χ0n) is 10.7. The van der Waals surface area contributed by atoms with Gasteiger partial charge in [0.25, 0.3) is 0 Å². The molecule has 0 saturated heterocycles. The van der Waals surface area contributed by atoms with Gasteiger partial charge >= 0.3 is 5.97 Å². The molecule has 0 atom stereocenters. The predicted octanol–water partition coefficient (Wildman–Crippen LogP) is 2.20. The van der Waals surface area contributed by atoms with Crippen molar-refractivity contribution in [2.45, 2.75) is 25.7 Å². The Kier molecular flexibility index (Phi) is 6.67. The van der Waals surface area contributed by atoms with Gasteiger partial charge in [0.2, 0.25) is 0 Å². The fraction of sp³-hybridized carbons (Fsp3) is 0.385. The first kappa shape index (κ1) is 15.2. The van der Waals surface area contributed by atoms with Crippen molar-refractivity contribution in [3.63, 3.8) is 0 Å². The van der Waals surface area contributed by atoms with Crippen molar-refractivity contribution in [3.8, 4) is 0 Å². The lowest BCUT2D eigenvalue weighted by molar-refractivity contribution is -0.137. The van der Waals surface area contributed by atoms with E-state index in [0.717, 1.165) is 25.1 Å². The summed E-state index contributed by atoms with van der Waals surface area (Å²) in [5.74, 6) is -0.742. The van der Waals surface area contributed by atoms with Crippen molar-refractivity contribution in [3.05, 3.63) is 24.3 Å². The first-order valence-corrected chi connectivity index (χ1v) is 6.61. The molecule has 0 amide bonds. The van der Waals surface area contributed by atoms with Crippen LogP contribution in [-0.2, 0) is 4.79 Å². The molecule has 1 aromatic carbocycles. The zero-order valence-corrected chi connectivity index (χ0v) is 11.5. The highest BCUT2D eigenvalue weighted by atomic mass is 32.1. The van der Waals surface area contributed by atoms with Crippen LogP contribution in [-0.4, -0.2) is 22.7 Å².